The number of carboxylic acids is 1. The maximum atomic E-state index is 9.45. The summed E-state index contributed by atoms with van der Waals surface area (Å²) in [5.74, 6) is -1.19. The fourth-order valence-corrected chi connectivity index (χ4v) is 1.56. The molecule has 110 valence electrons. The molecule has 2 N–H and O–H groups in total. The molecule has 0 aliphatic heterocycles. The zero-order valence-electron chi connectivity index (χ0n) is 12.5. The molecule has 1 unspecified atom stereocenters. The average Bonchev–Trinajstić information content (AvgIpc) is 2.33. The average molecular weight is 260 g/mol. The maximum Gasteiger partial charge on any atom is 0.332 e. The van der Waals surface area contributed by atoms with Gasteiger partial charge in [-0.05, 0) is 6.92 Å². The Hall–Kier alpha value is -0.570. The molecule has 0 bridgehead atoms. The van der Waals surface area contributed by atoms with Gasteiger partial charge in [0.25, 0.3) is 0 Å². The molecule has 0 heterocycles. The van der Waals surface area contributed by atoms with Crippen molar-refractivity contribution < 1.29 is 15.0 Å². The molecule has 0 rings (SSSR count). The lowest BCUT2D eigenvalue weighted by Crippen LogP contribution is -2.13. The smallest absolute Gasteiger partial charge is 0.332 e. The summed E-state index contributed by atoms with van der Waals surface area (Å²) in [4.78, 5) is 9.45. The molecule has 0 saturated heterocycles. The number of carbonyl (C=O) groups is 1. The van der Waals surface area contributed by atoms with E-state index >= 15 is 0 Å². The Balaban J connectivity index is 0. The summed E-state index contributed by atoms with van der Waals surface area (Å²) >= 11 is 0. The predicted molar refractivity (Wildman–Crippen MR) is 76.8 cm³/mol. The number of hydrogen-bond acceptors (Lipinski definition) is 2. The zero-order chi connectivity index (χ0) is 14.2. The molecule has 0 aliphatic carbocycles. The van der Waals surface area contributed by atoms with E-state index in [1.54, 1.807) is 0 Å². The number of unbranched alkanes of at least 4 members (excludes halogenated alkanes) is 9. The molecule has 3 heteroatoms. The normalized spacial score (nSPS) is 11.6. The summed E-state index contributed by atoms with van der Waals surface area (Å²) in [6.07, 6.45) is 13.2. The van der Waals surface area contributed by atoms with E-state index in [1.807, 2.05) is 0 Å². The predicted octanol–water partition coefficient (Wildman–Crippen LogP) is 4.38. The molecule has 18 heavy (non-hydrogen) atoms. The van der Waals surface area contributed by atoms with Crippen molar-refractivity contribution in [1.29, 1.82) is 0 Å². The Morgan fingerprint density at radius 3 is 1.22 bits per heavy atom. The molecule has 0 amide bonds. The highest BCUT2D eigenvalue weighted by Gasteiger charge is 2.01. The topological polar surface area (TPSA) is 57.5 Å². The lowest BCUT2D eigenvalue weighted by Gasteiger charge is -1.99. The van der Waals surface area contributed by atoms with E-state index in [-0.39, 0.29) is 0 Å². The molecule has 0 spiro atoms. The Morgan fingerprint density at radius 2 is 1.06 bits per heavy atom. The number of carboxylic acid groups (broad SMARTS) is 1. The van der Waals surface area contributed by atoms with Gasteiger partial charge in [-0.3, -0.25) is 0 Å². The van der Waals surface area contributed by atoms with Crippen LogP contribution < -0.4 is 0 Å². The van der Waals surface area contributed by atoms with Gasteiger partial charge in [-0.1, -0.05) is 78.1 Å². The molecule has 1 atom stereocenters. The van der Waals surface area contributed by atoms with E-state index < -0.39 is 12.1 Å². The molecule has 3 nitrogen and oxygen atoms in total. The van der Waals surface area contributed by atoms with Gasteiger partial charge in [0.1, 0.15) is 6.10 Å². The third-order valence-electron chi connectivity index (χ3n) is 2.81. The van der Waals surface area contributed by atoms with Crippen molar-refractivity contribution >= 4 is 5.97 Å². The summed E-state index contributed by atoms with van der Waals surface area (Å²) in [5.41, 5.74) is 0. The van der Waals surface area contributed by atoms with Gasteiger partial charge < -0.3 is 10.2 Å². The van der Waals surface area contributed by atoms with Gasteiger partial charge in [0, 0.05) is 0 Å². The van der Waals surface area contributed by atoms with E-state index in [2.05, 4.69) is 13.8 Å². The van der Waals surface area contributed by atoms with Gasteiger partial charge in [0.2, 0.25) is 0 Å². The number of hydrogen-bond donors (Lipinski definition) is 2. The first-order valence-corrected chi connectivity index (χ1v) is 7.47. The van der Waals surface area contributed by atoms with Gasteiger partial charge in [-0.2, -0.15) is 0 Å². The lowest BCUT2D eigenvalue weighted by atomic mass is 10.1. The molecular weight excluding hydrogens is 228 g/mol. The number of aliphatic hydroxyl groups is 1. The number of rotatable bonds is 10. The van der Waals surface area contributed by atoms with Crippen molar-refractivity contribution in [3.05, 3.63) is 0 Å². The first kappa shape index (κ1) is 19.8. The van der Waals surface area contributed by atoms with E-state index in [0.717, 1.165) is 0 Å². The van der Waals surface area contributed by atoms with Gasteiger partial charge in [-0.25, -0.2) is 4.79 Å². The van der Waals surface area contributed by atoms with Crippen molar-refractivity contribution in [2.75, 3.05) is 0 Å². The van der Waals surface area contributed by atoms with Crippen LogP contribution in [-0.2, 0) is 4.79 Å². The second kappa shape index (κ2) is 16.4. The third-order valence-corrected chi connectivity index (χ3v) is 2.81. The number of aliphatic hydroxyl groups excluding tert-OH is 1. The Bertz CT molecular complexity index is 157. The molecule has 0 saturated carbocycles. The van der Waals surface area contributed by atoms with Gasteiger partial charge in [0.15, 0.2) is 0 Å². The molecule has 0 aromatic heterocycles. The summed E-state index contributed by atoms with van der Waals surface area (Å²) in [6.45, 7) is 5.75. The van der Waals surface area contributed by atoms with E-state index in [4.69, 9.17) is 10.2 Å². The van der Waals surface area contributed by atoms with E-state index in [1.165, 1.54) is 71.1 Å². The summed E-state index contributed by atoms with van der Waals surface area (Å²) < 4.78 is 0. The highest BCUT2D eigenvalue weighted by molar-refractivity contribution is 5.71. The van der Waals surface area contributed by atoms with Crippen LogP contribution in [0, 0.1) is 0 Å². The maximum absolute atomic E-state index is 9.45. The molecule has 0 aromatic carbocycles. The quantitative estimate of drug-likeness (QED) is 0.573. The van der Waals surface area contributed by atoms with Gasteiger partial charge in [0.05, 0.1) is 0 Å². The minimum absolute atomic E-state index is 1.19. The fraction of sp³-hybridized carbons (Fsp3) is 0.933. The Labute approximate surface area is 113 Å². The second-order valence-corrected chi connectivity index (χ2v) is 4.84. The van der Waals surface area contributed by atoms with Crippen LogP contribution in [0.5, 0.6) is 0 Å². The van der Waals surface area contributed by atoms with Crippen molar-refractivity contribution in [1.82, 2.24) is 0 Å². The van der Waals surface area contributed by atoms with Crippen LogP contribution in [0.2, 0.25) is 0 Å². The van der Waals surface area contributed by atoms with Crippen LogP contribution in [-0.4, -0.2) is 22.3 Å². The third kappa shape index (κ3) is 20.8. The summed E-state index contributed by atoms with van der Waals surface area (Å²) in [5, 5.41) is 15.8. The van der Waals surface area contributed by atoms with E-state index in [9.17, 15) is 4.79 Å². The van der Waals surface area contributed by atoms with Crippen molar-refractivity contribution in [2.45, 2.75) is 91.1 Å². The van der Waals surface area contributed by atoms with Crippen LogP contribution in [0.1, 0.15) is 85.0 Å². The van der Waals surface area contributed by atoms with Crippen molar-refractivity contribution in [3.63, 3.8) is 0 Å². The van der Waals surface area contributed by atoms with Crippen molar-refractivity contribution in [3.8, 4) is 0 Å². The van der Waals surface area contributed by atoms with Crippen LogP contribution in [0.4, 0.5) is 0 Å². The summed E-state index contributed by atoms with van der Waals surface area (Å²) in [7, 11) is 0. The summed E-state index contributed by atoms with van der Waals surface area (Å²) in [6, 6.07) is 0. The Kier molecular flexibility index (Phi) is 18.0. The molecule has 0 aliphatic rings. The highest BCUT2D eigenvalue weighted by atomic mass is 16.4. The minimum Gasteiger partial charge on any atom is -0.479 e. The minimum atomic E-state index is -1.23. The van der Waals surface area contributed by atoms with Gasteiger partial charge >= 0.3 is 5.97 Å². The first-order valence-electron chi connectivity index (χ1n) is 7.47. The van der Waals surface area contributed by atoms with E-state index in [0.29, 0.717) is 0 Å². The molecule has 0 aromatic rings. The standard InChI is InChI=1S/C12H26.C3H6O3/c1-3-5-7-9-11-12-10-8-6-4-2;1-2(4)3(5)6/h3-12H2,1-2H3;2,4H,1H3,(H,5,6). The Morgan fingerprint density at radius 1 is 0.833 bits per heavy atom. The van der Waals surface area contributed by atoms with Gasteiger partial charge in [-0.15, -0.1) is 0 Å². The van der Waals surface area contributed by atoms with Crippen LogP contribution >= 0.6 is 0 Å². The fourth-order valence-electron chi connectivity index (χ4n) is 1.56. The highest BCUT2D eigenvalue weighted by Crippen LogP contribution is 2.09. The van der Waals surface area contributed by atoms with Crippen molar-refractivity contribution in [2.24, 2.45) is 0 Å². The zero-order valence-corrected chi connectivity index (χ0v) is 12.5. The molecule has 0 radical (unpaired) electrons. The van der Waals surface area contributed by atoms with Crippen LogP contribution in [0.15, 0.2) is 0 Å². The molecule has 0 fully saturated rings. The van der Waals surface area contributed by atoms with Crippen LogP contribution in [0.3, 0.4) is 0 Å². The monoisotopic (exact) mass is 260 g/mol. The number of aliphatic carboxylic acids is 1. The second-order valence-electron chi connectivity index (χ2n) is 4.84. The first-order chi connectivity index (χ1) is 8.56. The molecular formula is C15H32O3. The largest absolute Gasteiger partial charge is 0.479 e. The SMILES string of the molecule is CC(O)C(=O)O.CCCCCCCCCCCC. The lowest BCUT2D eigenvalue weighted by molar-refractivity contribution is -0.145. The van der Waals surface area contributed by atoms with Crippen LogP contribution in [0.25, 0.3) is 0 Å².